The third-order valence-electron chi connectivity index (χ3n) is 5.06. The van der Waals surface area contributed by atoms with Gasteiger partial charge in [0.1, 0.15) is 0 Å². The van der Waals surface area contributed by atoms with Crippen LogP contribution in [0.5, 0.6) is 0 Å². The van der Waals surface area contributed by atoms with Crippen LogP contribution in [-0.4, -0.2) is 14.2 Å². The van der Waals surface area contributed by atoms with Crippen molar-refractivity contribution in [1.82, 2.24) is 0 Å². The Morgan fingerprint density at radius 2 is 1.04 bits per heavy atom. The van der Waals surface area contributed by atoms with Gasteiger partial charge in [-0.25, -0.2) is 8.42 Å². The molecule has 146 valence electrons. The Morgan fingerprint density at radius 3 is 1.57 bits per heavy atom. The van der Waals surface area contributed by atoms with Gasteiger partial charge in [0.05, 0.1) is 10.6 Å². The lowest BCUT2D eigenvalue weighted by Crippen LogP contribution is -2.06. The van der Waals surface area contributed by atoms with Crippen molar-refractivity contribution in [1.29, 1.82) is 0 Å². The maximum absolute atomic E-state index is 12.5. The SMILES string of the molecule is CCCCCCCS(=O)(=O)c1ccc(-c2ccc(-c3ccccc3)cc2)cc1. The predicted octanol–water partition coefficient (Wildman–Crippen LogP) is 6.76. The molecule has 0 aliphatic carbocycles. The molecule has 3 aromatic rings. The molecule has 3 rings (SSSR count). The van der Waals surface area contributed by atoms with Gasteiger partial charge >= 0.3 is 0 Å². The number of rotatable bonds is 9. The van der Waals surface area contributed by atoms with E-state index in [0.717, 1.165) is 30.4 Å². The highest BCUT2D eigenvalue weighted by Gasteiger charge is 2.14. The van der Waals surface area contributed by atoms with Crippen molar-refractivity contribution >= 4 is 9.84 Å². The molecule has 2 nitrogen and oxygen atoms in total. The monoisotopic (exact) mass is 392 g/mol. The van der Waals surface area contributed by atoms with Crippen LogP contribution in [0.15, 0.2) is 83.8 Å². The van der Waals surface area contributed by atoms with Crippen molar-refractivity contribution in [2.75, 3.05) is 5.75 Å². The minimum absolute atomic E-state index is 0.238. The first-order chi connectivity index (χ1) is 13.6. The van der Waals surface area contributed by atoms with E-state index in [1.165, 1.54) is 24.0 Å². The molecule has 0 unspecified atom stereocenters. The molecule has 28 heavy (non-hydrogen) atoms. The van der Waals surface area contributed by atoms with Crippen molar-refractivity contribution in [3.05, 3.63) is 78.9 Å². The van der Waals surface area contributed by atoms with Gasteiger partial charge in [-0.3, -0.25) is 0 Å². The van der Waals surface area contributed by atoms with Crippen LogP contribution in [0.2, 0.25) is 0 Å². The molecule has 3 heteroatoms. The zero-order valence-electron chi connectivity index (χ0n) is 16.5. The molecule has 0 fully saturated rings. The quantitative estimate of drug-likeness (QED) is 0.377. The lowest BCUT2D eigenvalue weighted by Gasteiger charge is -2.08. The van der Waals surface area contributed by atoms with E-state index in [2.05, 4.69) is 43.3 Å². The zero-order chi connectivity index (χ0) is 19.8. The molecule has 0 amide bonds. The summed E-state index contributed by atoms with van der Waals surface area (Å²) in [4.78, 5) is 0.424. The van der Waals surface area contributed by atoms with Crippen molar-refractivity contribution in [3.63, 3.8) is 0 Å². The number of unbranched alkanes of at least 4 members (excludes halogenated alkanes) is 4. The fraction of sp³-hybridized carbons (Fsp3) is 0.280. The third-order valence-corrected chi connectivity index (χ3v) is 6.87. The molecule has 0 saturated carbocycles. The van der Waals surface area contributed by atoms with Crippen LogP contribution in [-0.2, 0) is 9.84 Å². The Kier molecular flexibility index (Phi) is 7.05. The van der Waals surface area contributed by atoms with Gasteiger partial charge in [-0.15, -0.1) is 0 Å². The maximum atomic E-state index is 12.5. The van der Waals surface area contributed by atoms with Crippen LogP contribution in [0.3, 0.4) is 0 Å². The number of hydrogen-bond donors (Lipinski definition) is 0. The van der Waals surface area contributed by atoms with E-state index in [9.17, 15) is 8.42 Å². The van der Waals surface area contributed by atoms with Gasteiger partial charge in [0.2, 0.25) is 0 Å². The molecular formula is C25H28O2S. The Morgan fingerprint density at radius 1 is 0.571 bits per heavy atom. The normalized spacial score (nSPS) is 11.5. The first-order valence-electron chi connectivity index (χ1n) is 10.1. The highest BCUT2D eigenvalue weighted by molar-refractivity contribution is 7.91. The summed E-state index contributed by atoms with van der Waals surface area (Å²) in [6.07, 6.45) is 5.19. The second-order valence-corrected chi connectivity index (χ2v) is 9.31. The fourth-order valence-electron chi connectivity index (χ4n) is 3.35. The van der Waals surface area contributed by atoms with E-state index in [1.807, 2.05) is 30.3 Å². The van der Waals surface area contributed by atoms with Gasteiger partial charge in [-0.1, -0.05) is 99.3 Å². The maximum Gasteiger partial charge on any atom is 0.178 e. The minimum Gasteiger partial charge on any atom is -0.224 e. The van der Waals surface area contributed by atoms with Crippen LogP contribution >= 0.6 is 0 Å². The van der Waals surface area contributed by atoms with Crippen LogP contribution < -0.4 is 0 Å². The highest BCUT2D eigenvalue weighted by Crippen LogP contribution is 2.26. The summed E-state index contributed by atoms with van der Waals surface area (Å²) in [5.41, 5.74) is 4.48. The summed E-state index contributed by atoms with van der Waals surface area (Å²) in [5.74, 6) is 0.238. The van der Waals surface area contributed by atoms with Crippen molar-refractivity contribution in [2.24, 2.45) is 0 Å². The van der Waals surface area contributed by atoms with Crippen LogP contribution in [0.1, 0.15) is 39.0 Å². The molecule has 0 saturated heterocycles. The van der Waals surface area contributed by atoms with Crippen LogP contribution in [0, 0.1) is 0 Å². The Hall–Kier alpha value is -2.39. The highest BCUT2D eigenvalue weighted by atomic mass is 32.2. The van der Waals surface area contributed by atoms with Crippen molar-refractivity contribution in [2.45, 2.75) is 43.9 Å². The van der Waals surface area contributed by atoms with Crippen LogP contribution in [0.25, 0.3) is 22.3 Å². The molecule has 0 aliphatic rings. The largest absolute Gasteiger partial charge is 0.224 e. The standard InChI is InChI=1S/C25H28O2S/c1-2-3-4-5-9-20-28(26,27)25-18-16-24(17-19-25)23-14-12-22(13-15-23)21-10-7-6-8-11-21/h6-8,10-19H,2-5,9,20H2,1H3. The van der Waals surface area contributed by atoms with E-state index >= 15 is 0 Å². The topological polar surface area (TPSA) is 34.1 Å². The lowest BCUT2D eigenvalue weighted by atomic mass is 10.0. The zero-order valence-corrected chi connectivity index (χ0v) is 17.3. The molecule has 3 aromatic carbocycles. The fourth-order valence-corrected chi connectivity index (χ4v) is 4.72. The molecule has 0 atom stereocenters. The van der Waals surface area contributed by atoms with E-state index < -0.39 is 9.84 Å². The van der Waals surface area contributed by atoms with Gasteiger partial charge in [0.15, 0.2) is 9.84 Å². The average Bonchev–Trinajstić information content (AvgIpc) is 2.74. The smallest absolute Gasteiger partial charge is 0.178 e. The molecule has 0 bridgehead atoms. The molecule has 0 N–H and O–H groups in total. The number of hydrogen-bond acceptors (Lipinski definition) is 2. The summed E-state index contributed by atoms with van der Waals surface area (Å²) in [7, 11) is -3.19. The molecule has 0 radical (unpaired) electrons. The Bertz CT molecular complexity index is 957. The predicted molar refractivity (Wildman–Crippen MR) is 118 cm³/mol. The van der Waals surface area contributed by atoms with E-state index in [0.29, 0.717) is 4.90 Å². The first-order valence-corrected chi connectivity index (χ1v) is 11.7. The number of benzene rings is 3. The van der Waals surface area contributed by atoms with Crippen molar-refractivity contribution in [3.8, 4) is 22.3 Å². The summed E-state index contributed by atoms with van der Waals surface area (Å²) in [5, 5.41) is 0. The molecule has 0 heterocycles. The summed E-state index contributed by atoms with van der Waals surface area (Å²) in [6, 6.07) is 25.9. The second kappa shape index (κ2) is 9.70. The first kappa shape index (κ1) is 20.3. The molecular weight excluding hydrogens is 364 g/mol. The van der Waals surface area contributed by atoms with Gasteiger partial charge < -0.3 is 0 Å². The van der Waals surface area contributed by atoms with E-state index in [4.69, 9.17) is 0 Å². The van der Waals surface area contributed by atoms with E-state index in [1.54, 1.807) is 12.1 Å². The lowest BCUT2D eigenvalue weighted by molar-refractivity contribution is 0.587. The minimum atomic E-state index is -3.19. The summed E-state index contributed by atoms with van der Waals surface area (Å²) < 4.78 is 25.0. The Balaban J connectivity index is 1.67. The van der Waals surface area contributed by atoms with Crippen molar-refractivity contribution < 1.29 is 8.42 Å². The van der Waals surface area contributed by atoms with Gasteiger partial charge in [0.25, 0.3) is 0 Å². The van der Waals surface area contributed by atoms with E-state index in [-0.39, 0.29) is 5.75 Å². The molecule has 0 aliphatic heterocycles. The average molecular weight is 393 g/mol. The third kappa shape index (κ3) is 5.32. The van der Waals surface area contributed by atoms with Crippen LogP contribution in [0.4, 0.5) is 0 Å². The molecule has 0 aromatic heterocycles. The number of sulfone groups is 1. The summed E-state index contributed by atoms with van der Waals surface area (Å²) in [6.45, 7) is 2.16. The van der Waals surface area contributed by atoms with Gasteiger partial charge in [0, 0.05) is 0 Å². The Labute approximate surface area is 169 Å². The summed E-state index contributed by atoms with van der Waals surface area (Å²) >= 11 is 0. The second-order valence-electron chi connectivity index (χ2n) is 7.20. The van der Waals surface area contributed by atoms with Gasteiger partial charge in [-0.2, -0.15) is 0 Å². The molecule has 0 spiro atoms. The van der Waals surface area contributed by atoms with Gasteiger partial charge in [-0.05, 0) is 40.8 Å².